The smallest absolute Gasteiger partial charge is 0.251 e. The van der Waals surface area contributed by atoms with E-state index in [-0.39, 0.29) is 24.2 Å². The van der Waals surface area contributed by atoms with E-state index >= 15 is 0 Å². The highest BCUT2D eigenvalue weighted by Crippen LogP contribution is 2.29. The maximum atomic E-state index is 13.1. The summed E-state index contributed by atoms with van der Waals surface area (Å²) in [5.74, 6) is 0.484. The molecule has 3 aromatic rings. The molecule has 1 fully saturated rings. The summed E-state index contributed by atoms with van der Waals surface area (Å²) in [4.78, 5) is 25.1. The standard InChI is InChI=1S/C27H27NO3/c1-18-13-14-23(15-18)31-22-10-5-9-21(17-22)27(30)28-26(16-19(2)29)25-12-6-8-20-7-3-4-11-24(20)25/h3-12,17,23,26H,1,13-16H2,2H3,(H,28,30)/t23?,26-/m1/s1. The summed E-state index contributed by atoms with van der Waals surface area (Å²) in [6.45, 7) is 5.58. The van der Waals surface area contributed by atoms with Gasteiger partial charge in [-0.1, -0.05) is 60.7 Å². The van der Waals surface area contributed by atoms with Crippen LogP contribution in [0.1, 0.15) is 54.6 Å². The maximum Gasteiger partial charge on any atom is 0.251 e. The third-order valence-electron chi connectivity index (χ3n) is 5.73. The van der Waals surface area contributed by atoms with Gasteiger partial charge in [0.1, 0.15) is 17.6 Å². The van der Waals surface area contributed by atoms with Crippen LogP contribution in [-0.4, -0.2) is 17.8 Å². The van der Waals surface area contributed by atoms with Crippen molar-refractivity contribution < 1.29 is 14.3 Å². The molecule has 4 heteroatoms. The molecule has 0 bridgehead atoms. The average molecular weight is 414 g/mol. The molecule has 2 atom stereocenters. The zero-order valence-electron chi connectivity index (χ0n) is 17.8. The summed E-state index contributed by atoms with van der Waals surface area (Å²) in [5.41, 5.74) is 2.67. The summed E-state index contributed by atoms with van der Waals surface area (Å²) in [6.07, 6.45) is 3.16. The lowest BCUT2D eigenvalue weighted by atomic mass is 9.95. The minimum Gasteiger partial charge on any atom is -0.490 e. The summed E-state index contributed by atoms with van der Waals surface area (Å²) in [7, 11) is 0. The third kappa shape index (κ3) is 5.02. The minimum atomic E-state index is -0.404. The SMILES string of the molecule is C=C1CCC(Oc2cccc(C(=O)N[C@H](CC(C)=O)c3cccc4ccccc34)c2)C1. The Morgan fingerprint density at radius 3 is 2.65 bits per heavy atom. The Hall–Kier alpha value is -3.40. The topological polar surface area (TPSA) is 55.4 Å². The van der Waals surface area contributed by atoms with Crippen LogP contribution >= 0.6 is 0 Å². The number of ether oxygens (including phenoxy) is 1. The summed E-state index contributed by atoms with van der Waals surface area (Å²) in [6, 6.07) is 20.8. The van der Waals surface area contributed by atoms with Gasteiger partial charge in [0.2, 0.25) is 0 Å². The number of Topliss-reactive ketones (excluding diaryl/α,β-unsaturated/α-hetero) is 1. The van der Waals surface area contributed by atoms with E-state index in [4.69, 9.17) is 4.74 Å². The van der Waals surface area contributed by atoms with E-state index in [2.05, 4.69) is 11.9 Å². The first-order chi connectivity index (χ1) is 15.0. The van der Waals surface area contributed by atoms with Crippen molar-refractivity contribution in [2.75, 3.05) is 0 Å². The largest absolute Gasteiger partial charge is 0.490 e. The number of nitrogens with one attached hydrogen (secondary N) is 1. The fraction of sp³-hybridized carbons (Fsp3) is 0.259. The molecule has 1 N–H and O–H groups in total. The fourth-order valence-electron chi connectivity index (χ4n) is 4.22. The molecule has 1 aliphatic rings. The average Bonchev–Trinajstić information content (AvgIpc) is 3.17. The fourth-order valence-corrected chi connectivity index (χ4v) is 4.22. The van der Waals surface area contributed by atoms with Crippen molar-refractivity contribution in [2.45, 2.75) is 44.8 Å². The molecular formula is C27H27NO3. The van der Waals surface area contributed by atoms with Crippen LogP contribution in [0.25, 0.3) is 10.8 Å². The molecule has 3 aromatic carbocycles. The first-order valence-corrected chi connectivity index (χ1v) is 10.7. The summed E-state index contributed by atoms with van der Waals surface area (Å²) >= 11 is 0. The number of carbonyl (C=O) groups excluding carboxylic acids is 2. The van der Waals surface area contributed by atoms with Crippen molar-refractivity contribution in [3.8, 4) is 5.75 Å². The van der Waals surface area contributed by atoms with Crippen LogP contribution in [0.4, 0.5) is 0 Å². The van der Waals surface area contributed by atoms with Gasteiger partial charge in [-0.15, -0.1) is 0 Å². The Morgan fingerprint density at radius 2 is 1.87 bits per heavy atom. The van der Waals surface area contributed by atoms with E-state index in [1.807, 2.05) is 54.6 Å². The zero-order valence-corrected chi connectivity index (χ0v) is 17.8. The monoisotopic (exact) mass is 413 g/mol. The predicted octanol–water partition coefficient (Wildman–Crippen LogP) is 5.78. The Labute approximate surface area is 182 Å². The first kappa shape index (κ1) is 20.9. The van der Waals surface area contributed by atoms with Gasteiger partial charge in [0.25, 0.3) is 5.91 Å². The molecule has 0 spiro atoms. The molecule has 0 aromatic heterocycles. The molecule has 0 aliphatic heterocycles. The number of hydrogen-bond donors (Lipinski definition) is 1. The van der Waals surface area contributed by atoms with E-state index < -0.39 is 6.04 Å². The van der Waals surface area contributed by atoms with Crippen LogP contribution in [0.5, 0.6) is 5.75 Å². The molecule has 0 radical (unpaired) electrons. The number of ketones is 1. The van der Waals surface area contributed by atoms with Gasteiger partial charge >= 0.3 is 0 Å². The van der Waals surface area contributed by atoms with Gasteiger partial charge in [-0.05, 0) is 54.3 Å². The van der Waals surface area contributed by atoms with E-state index in [1.165, 1.54) is 5.57 Å². The Balaban J connectivity index is 1.56. The van der Waals surface area contributed by atoms with Gasteiger partial charge in [-0.25, -0.2) is 0 Å². The number of fused-ring (bicyclic) bond motifs is 1. The normalized spacial score (nSPS) is 16.8. The van der Waals surface area contributed by atoms with Gasteiger partial charge in [0.05, 0.1) is 6.04 Å². The van der Waals surface area contributed by atoms with Crippen molar-refractivity contribution in [1.29, 1.82) is 0 Å². The lowest BCUT2D eigenvalue weighted by Gasteiger charge is -2.20. The second-order valence-corrected chi connectivity index (χ2v) is 8.26. The van der Waals surface area contributed by atoms with Crippen molar-refractivity contribution in [2.24, 2.45) is 0 Å². The van der Waals surface area contributed by atoms with Gasteiger partial charge < -0.3 is 10.1 Å². The Bertz CT molecular complexity index is 1130. The lowest BCUT2D eigenvalue weighted by Crippen LogP contribution is -2.30. The van der Waals surface area contributed by atoms with Crippen LogP contribution in [0.15, 0.2) is 78.9 Å². The van der Waals surface area contributed by atoms with E-state index in [9.17, 15) is 9.59 Å². The Kier molecular flexibility index (Phi) is 6.17. The molecular weight excluding hydrogens is 386 g/mol. The maximum absolute atomic E-state index is 13.1. The van der Waals surface area contributed by atoms with Crippen molar-refractivity contribution in [1.82, 2.24) is 5.32 Å². The number of rotatable bonds is 7. The number of benzene rings is 3. The van der Waals surface area contributed by atoms with Gasteiger partial charge in [0.15, 0.2) is 0 Å². The van der Waals surface area contributed by atoms with Crippen molar-refractivity contribution in [3.63, 3.8) is 0 Å². The number of hydrogen-bond acceptors (Lipinski definition) is 3. The highest BCUT2D eigenvalue weighted by Gasteiger charge is 2.22. The van der Waals surface area contributed by atoms with Crippen LogP contribution in [-0.2, 0) is 4.79 Å². The van der Waals surface area contributed by atoms with Crippen molar-refractivity contribution >= 4 is 22.5 Å². The Morgan fingerprint density at radius 1 is 1.10 bits per heavy atom. The van der Waals surface area contributed by atoms with Gasteiger partial charge in [-0.3, -0.25) is 9.59 Å². The third-order valence-corrected chi connectivity index (χ3v) is 5.73. The van der Waals surface area contributed by atoms with Crippen LogP contribution in [0.2, 0.25) is 0 Å². The molecule has 158 valence electrons. The molecule has 1 saturated carbocycles. The molecule has 1 aliphatic carbocycles. The predicted molar refractivity (Wildman–Crippen MR) is 123 cm³/mol. The number of amides is 1. The van der Waals surface area contributed by atoms with Crippen LogP contribution in [0, 0.1) is 0 Å². The highest BCUT2D eigenvalue weighted by molar-refractivity contribution is 5.96. The first-order valence-electron chi connectivity index (χ1n) is 10.7. The molecule has 1 unspecified atom stereocenters. The zero-order chi connectivity index (χ0) is 21.8. The second-order valence-electron chi connectivity index (χ2n) is 8.26. The van der Waals surface area contributed by atoms with Gasteiger partial charge in [-0.2, -0.15) is 0 Å². The quantitative estimate of drug-likeness (QED) is 0.500. The van der Waals surface area contributed by atoms with E-state index in [0.717, 1.165) is 35.6 Å². The molecule has 4 nitrogen and oxygen atoms in total. The molecule has 0 heterocycles. The second kappa shape index (κ2) is 9.17. The summed E-state index contributed by atoms with van der Waals surface area (Å²) in [5, 5.41) is 5.19. The molecule has 1 amide bonds. The molecule has 0 saturated heterocycles. The van der Waals surface area contributed by atoms with Crippen LogP contribution < -0.4 is 10.1 Å². The van der Waals surface area contributed by atoms with Crippen molar-refractivity contribution in [3.05, 3.63) is 90.0 Å². The highest BCUT2D eigenvalue weighted by atomic mass is 16.5. The molecule has 31 heavy (non-hydrogen) atoms. The van der Waals surface area contributed by atoms with Gasteiger partial charge in [0, 0.05) is 18.4 Å². The van der Waals surface area contributed by atoms with E-state index in [1.54, 1.807) is 19.1 Å². The summed E-state index contributed by atoms with van der Waals surface area (Å²) < 4.78 is 6.05. The molecule has 4 rings (SSSR count). The lowest BCUT2D eigenvalue weighted by molar-refractivity contribution is -0.117. The van der Waals surface area contributed by atoms with E-state index in [0.29, 0.717) is 11.3 Å². The van der Waals surface area contributed by atoms with Crippen LogP contribution in [0.3, 0.4) is 0 Å². The number of carbonyl (C=O) groups is 2. The minimum absolute atomic E-state index is 0.0248.